The topological polar surface area (TPSA) is 375 Å². The number of aliphatic hydroxyl groups excluding tert-OH is 1. The van der Waals surface area contributed by atoms with Gasteiger partial charge >= 0.3 is 5.97 Å². The van der Waals surface area contributed by atoms with E-state index in [-0.39, 0.29) is 57.1 Å². The lowest BCUT2D eigenvalue weighted by molar-refractivity contribution is -0.137. The van der Waals surface area contributed by atoms with Crippen molar-refractivity contribution >= 4 is 53.7 Å². The van der Waals surface area contributed by atoms with Crippen molar-refractivity contribution in [3.8, 4) is 0 Å². The Morgan fingerprint density at radius 3 is 1.71 bits per heavy atom. The van der Waals surface area contributed by atoms with E-state index >= 15 is 0 Å². The van der Waals surface area contributed by atoms with E-state index in [4.69, 9.17) is 33.8 Å². The van der Waals surface area contributed by atoms with Crippen LogP contribution in [0.25, 0.3) is 0 Å². The number of guanidine groups is 2. The third kappa shape index (κ3) is 19.7. The predicted octanol–water partition coefficient (Wildman–Crippen LogP) is -6.84. The number of nitrogens with two attached hydrogens (primary N) is 5. The first-order valence-corrected chi connectivity index (χ1v) is 13.8. The van der Waals surface area contributed by atoms with Gasteiger partial charge in [-0.25, -0.2) is 0 Å². The maximum Gasteiger partial charge on any atom is 0.303 e. The van der Waals surface area contributed by atoms with Gasteiger partial charge in [-0.3, -0.25) is 38.8 Å². The number of aliphatic carboxylic acids is 1. The number of hydrogen-bond donors (Lipinski definition) is 12. The van der Waals surface area contributed by atoms with Crippen molar-refractivity contribution in [3.63, 3.8) is 0 Å². The summed E-state index contributed by atoms with van der Waals surface area (Å²) in [6.07, 6.45) is 0.839. The lowest BCUT2D eigenvalue weighted by atomic mass is 10.1. The van der Waals surface area contributed by atoms with Crippen molar-refractivity contribution in [3.05, 3.63) is 0 Å². The normalized spacial score (nSPS) is 13.0. The van der Waals surface area contributed by atoms with Crippen molar-refractivity contribution in [1.29, 1.82) is 0 Å². The van der Waals surface area contributed by atoms with Crippen LogP contribution in [0.15, 0.2) is 9.98 Å². The molecule has 0 heterocycles. The molecule has 0 bridgehead atoms. The molecule has 21 heteroatoms. The van der Waals surface area contributed by atoms with Crippen LogP contribution in [0.5, 0.6) is 0 Å². The van der Waals surface area contributed by atoms with Gasteiger partial charge in [0.2, 0.25) is 29.5 Å². The summed E-state index contributed by atoms with van der Waals surface area (Å²) in [5, 5.41) is 29.8. The van der Waals surface area contributed by atoms with Gasteiger partial charge in [-0.1, -0.05) is 0 Å². The number of carbonyl (C=O) groups excluding carboxylic acids is 6. The average molecular weight is 645 g/mol. The Balaban J connectivity index is 4.95. The molecule has 21 nitrogen and oxygen atoms in total. The Morgan fingerprint density at radius 1 is 0.711 bits per heavy atom. The maximum atomic E-state index is 12.8. The summed E-state index contributed by atoms with van der Waals surface area (Å²) in [4.78, 5) is 91.5. The van der Waals surface area contributed by atoms with Gasteiger partial charge in [0.25, 0.3) is 0 Å². The number of carbonyl (C=O) groups is 7. The molecule has 0 unspecified atom stereocenters. The zero-order valence-corrected chi connectivity index (χ0v) is 24.7. The summed E-state index contributed by atoms with van der Waals surface area (Å²) in [6.45, 7) is -1.74. The van der Waals surface area contributed by atoms with E-state index in [2.05, 4.69) is 36.6 Å². The molecule has 0 saturated carbocycles. The van der Waals surface area contributed by atoms with Crippen molar-refractivity contribution < 1.29 is 43.8 Å². The first kappa shape index (κ1) is 39.9. The van der Waals surface area contributed by atoms with Gasteiger partial charge < -0.3 is 70.3 Å². The third-order valence-electron chi connectivity index (χ3n) is 5.74. The molecule has 0 spiro atoms. The van der Waals surface area contributed by atoms with Crippen molar-refractivity contribution in [2.24, 2.45) is 38.7 Å². The van der Waals surface area contributed by atoms with Crippen LogP contribution in [0, 0.1) is 0 Å². The number of aldehydes is 1. The summed E-state index contributed by atoms with van der Waals surface area (Å²) in [5.41, 5.74) is 26.7. The summed E-state index contributed by atoms with van der Waals surface area (Å²) >= 11 is 0. The monoisotopic (exact) mass is 644 g/mol. The molecule has 0 rings (SSSR count). The van der Waals surface area contributed by atoms with Gasteiger partial charge in [0.05, 0.1) is 31.8 Å². The van der Waals surface area contributed by atoms with Crippen LogP contribution in [0.1, 0.15) is 38.5 Å². The quantitative estimate of drug-likeness (QED) is 0.0213. The van der Waals surface area contributed by atoms with Gasteiger partial charge in [-0.2, -0.15) is 0 Å². The van der Waals surface area contributed by atoms with Crippen LogP contribution >= 0.6 is 0 Å². The summed E-state index contributed by atoms with van der Waals surface area (Å²) in [5.74, 6) is -5.60. The number of aliphatic imine (C=N–C) groups is 2. The van der Waals surface area contributed by atoms with E-state index in [0.717, 1.165) is 0 Å². The number of nitrogens with zero attached hydrogens (tertiary/aromatic N) is 2. The van der Waals surface area contributed by atoms with E-state index in [1.54, 1.807) is 0 Å². The summed E-state index contributed by atoms with van der Waals surface area (Å²) < 4.78 is 0. The fourth-order valence-electron chi connectivity index (χ4n) is 3.43. The first-order valence-electron chi connectivity index (χ1n) is 13.8. The Labute approximate surface area is 258 Å². The minimum atomic E-state index is -1.49. The number of hydrogen-bond acceptors (Lipinski definition) is 11. The molecule has 5 amide bonds. The molecule has 0 aromatic heterocycles. The molecule has 0 aromatic rings. The third-order valence-corrected chi connectivity index (χ3v) is 5.74. The largest absolute Gasteiger partial charge is 0.481 e. The molecule has 0 saturated heterocycles. The molecule has 17 N–H and O–H groups in total. The molecule has 0 aromatic carbocycles. The second-order valence-corrected chi connectivity index (χ2v) is 9.55. The lowest BCUT2D eigenvalue weighted by Gasteiger charge is -2.21. The van der Waals surface area contributed by atoms with Gasteiger partial charge in [-0.05, 0) is 32.1 Å². The van der Waals surface area contributed by atoms with Crippen LogP contribution < -0.4 is 55.3 Å². The fraction of sp³-hybridized carbons (Fsp3) is 0.625. The van der Waals surface area contributed by atoms with Crippen LogP contribution in [0.3, 0.4) is 0 Å². The van der Waals surface area contributed by atoms with E-state index in [1.165, 1.54) is 0 Å². The summed E-state index contributed by atoms with van der Waals surface area (Å²) in [6, 6.07) is -4.77. The fourth-order valence-corrected chi connectivity index (χ4v) is 3.43. The number of amides is 5. The Kier molecular flexibility index (Phi) is 20.0. The van der Waals surface area contributed by atoms with Crippen LogP contribution in [0.4, 0.5) is 0 Å². The van der Waals surface area contributed by atoms with E-state index in [0.29, 0.717) is 12.7 Å². The predicted molar refractivity (Wildman–Crippen MR) is 160 cm³/mol. The number of carboxylic acid groups (broad SMARTS) is 1. The van der Waals surface area contributed by atoms with E-state index in [1.807, 2.05) is 0 Å². The van der Waals surface area contributed by atoms with Gasteiger partial charge in [0, 0.05) is 19.5 Å². The van der Waals surface area contributed by atoms with Gasteiger partial charge in [0.15, 0.2) is 11.9 Å². The molecular formula is C24H44N12O9. The molecule has 0 aliphatic heterocycles. The van der Waals surface area contributed by atoms with Gasteiger partial charge in [0.1, 0.15) is 18.4 Å². The van der Waals surface area contributed by atoms with Gasteiger partial charge in [-0.15, -0.1) is 0 Å². The maximum absolute atomic E-state index is 12.8. The summed E-state index contributed by atoms with van der Waals surface area (Å²) in [7, 11) is 0. The molecule has 4 atom stereocenters. The smallest absolute Gasteiger partial charge is 0.303 e. The lowest BCUT2D eigenvalue weighted by Crippen LogP contribution is -2.55. The number of rotatable bonds is 23. The minimum Gasteiger partial charge on any atom is -0.481 e. The molecule has 254 valence electrons. The molecule has 45 heavy (non-hydrogen) atoms. The highest BCUT2D eigenvalue weighted by Crippen LogP contribution is 2.02. The highest BCUT2D eigenvalue weighted by atomic mass is 16.4. The highest BCUT2D eigenvalue weighted by molar-refractivity contribution is 5.94. The Bertz CT molecular complexity index is 1080. The molecule has 0 fully saturated rings. The van der Waals surface area contributed by atoms with Crippen molar-refractivity contribution in [2.75, 3.05) is 32.8 Å². The highest BCUT2D eigenvalue weighted by Gasteiger charge is 2.25. The van der Waals surface area contributed by atoms with Crippen LogP contribution in [-0.2, 0) is 33.6 Å². The number of nitrogens with one attached hydrogen (secondary N) is 5. The SMILES string of the molecule is NC(N)=NCCC[C@@H](C=O)NC(=O)CNC(=O)[C@H](CO)NC(=O)CNC(=O)[C@H](CCCN=C(N)N)NC(=O)[C@@H](N)CCC(=O)O. The Hall–Kier alpha value is -5.05. The van der Waals surface area contributed by atoms with Crippen molar-refractivity contribution in [1.82, 2.24) is 26.6 Å². The number of aliphatic hydroxyl groups is 1. The average Bonchev–Trinajstić information content (AvgIpc) is 2.98. The molecule has 0 radical (unpaired) electrons. The second-order valence-electron chi connectivity index (χ2n) is 9.55. The molecular weight excluding hydrogens is 600 g/mol. The standard InChI is InChI=1S/C24H44N12O9/c25-14(5-6-19(41)42)20(43)36-15(4-2-8-31-24(28)29)21(44)32-10-18(40)35-16(12-38)22(45)33-9-17(39)34-13(11-37)3-1-7-30-23(26)27/h11,13-16,38H,1-10,12,25H2,(H,32,44)(H,33,45)(H,34,39)(H,35,40)(H,36,43)(H,41,42)(H4,26,27,30)(H4,28,29,31)/t13-,14-,15-,16-/m0/s1. The second kappa shape index (κ2) is 22.5. The molecule has 0 aliphatic rings. The molecule has 0 aliphatic carbocycles. The van der Waals surface area contributed by atoms with Crippen LogP contribution in [-0.4, -0.2) is 121 Å². The van der Waals surface area contributed by atoms with E-state index < -0.39 is 79.4 Å². The van der Waals surface area contributed by atoms with E-state index in [9.17, 15) is 38.7 Å². The zero-order valence-electron chi connectivity index (χ0n) is 24.7. The van der Waals surface area contributed by atoms with Crippen LogP contribution in [0.2, 0.25) is 0 Å². The Morgan fingerprint density at radius 2 is 1.22 bits per heavy atom. The first-order chi connectivity index (χ1) is 21.2. The number of carboxylic acids is 1. The zero-order chi connectivity index (χ0) is 34.4. The minimum absolute atomic E-state index is 0.0204. The van der Waals surface area contributed by atoms with Crippen molar-refractivity contribution in [2.45, 2.75) is 62.7 Å².